The molecule has 3 aromatic rings. The summed E-state index contributed by atoms with van der Waals surface area (Å²) in [5, 5.41) is 0.715. The summed E-state index contributed by atoms with van der Waals surface area (Å²) >= 11 is 1.50. The average Bonchev–Trinajstić information content (AvgIpc) is 3.12. The zero-order chi connectivity index (χ0) is 21.4. The molecule has 7 nitrogen and oxygen atoms in total. The Kier molecular flexibility index (Phi) is 5.51. The Balaban J connectivity index is 1.66. The minimum atomic E-state index is -0.0946. The van der Waals surface area contributed by atoms with Crippen LogP contribution >= 0.6 is 11.3 Å². The lowest BCUT2D eigenvalue weighted by Crippen LogP contribution is -2.36. The highest BCUT2D eigenvalue weighted by atomic mass is 32.1. The van der Waals surface area contributed by atoms with Crippen molar-refractivity contribution < 1.29 is 14.3 Å². The van der Waals surface area contributed by atoms with Gasteiger partial charge in [0.1, 0.15) is 16.3 Å². The quantitative estimate of drug-likeness (QED) is 0.624. The van der Waals surface area contributed by atoms with E-state index in [1.165, 1.54) is 11.3 Å². The first-order chi connectivity index (χ1) is 14.4. The number of hydrogen-bond acceptors (Lipinski definition) is 6. The minimum Gasteiger partial charge on any atom is -0.497 e. The van der Waals surface area contributed by atoms with Crippen LogP contribution < -0.4 is 15.0 Å². The number of ether oxygens (including phenoxy) is 2. The maximum Gasteiger partial charge on any atom is 0.262 e. The third-order valence-electron chi connectivity index (χ3n) is 5.32. The SMILES string of the molecule is COc1ccc(C(=O)N2CCc3c(sc4ncn(CC(C)C)c(=O)c34)C2)c(OC)c1. The lowest BCUT2D eigenvalue weighted by atomic mass is 10.0. The van der Waals surface area contributed by atoms with Gasteiger partial charge in [-0.15, -0.1) is 11.3 Å². The molecule has 0 bridgehead atoms. The Morgan fingerprint density at radius 3 is 2.77 bits per heavy atom. The number of nitrogens with zero attached hydrogens (tertiary/aromatic N) is 3. The number of fused-ring (bicyclic) bond motifs is 3. The second-order valence-electron chi connectivity index (χ2n) is 7.82. The van der Waals surface area contributed by atoms with Crippen molar-refractivity contribution in [2.75, 3.05) is 20.8 Å². The maximum absolute atomic E-state index is 13.2. The summed E-state index contributed by atoms with van der Waals surface area (Å²) in [6.07, 6.45) is 2.28. The van der Waals surface area contributed by atoms with Crippen LogP contribution in [0.2, 0.25) is 0 Å². The minimum absolute atomic E-state index is 0.0165. The first kappa shape index (κ1) is 20.4. The van der Waals surface area contributed by atoms with Gasteiger partial charge in [-0.05, 0) is 30.0 Å². The third kappa shape index (κ3) is 3.56. The lowest BCUT2D eigenvalue weighted by Gasteiger charge is -2.27. The monoisotopic (exact) mass is 427 g/mol. The number of carbonyl (C=O) groups excluding carboxylic acids is 1. The molecule has 4 rings (SSSR count). The topological polar surface area (TPSA) is 73.7 Å². The van der Waals surface area contributed by atoms with Gasteiger partial charge in [-0.3, -0.25) is 14.2 Å². The largest absolute Gasteiger partial charge is 0.497 e. The van der Waals surface area contributed by atoms with Gasteiger partial charge in [-0.2, -0.15) is 0 Å². The number of carbonyl (C=O) groups is 1. The van der Waals surface area contributed by atoms with Crippen LogP contribution in [0.1, 0.15) is 34.6 Å². The predicted octanol–water partition coefficient (Wildman–Crippen LogP) is 3.33. The summed E-state index contributed by atoms with van der Waals surface area (Å²) in [7, 11) is 3.12. The molecule has 1 amide bonds. The lowest BCUT2D eigenvalue weighted by molar-refractivity contribution is 0.0734. The van der Waals surface area contributed by atoms with E-state index in [9.17, 15) is 9.59 Å². The molecule has 0 spiro atoms. The number of rotatable bonds is 5. The van der Waals surface area contributed by atoms with Crippen molar-refractivity contribution in [2.24, 2.45) is 5.92 Å². The molecule has 0 saturated carbocycles. The van der Waals surface area contributed by atoms with E-state index in [4.69, 9.17) is 9.47 Å². The van der Waals surface area contributed by atoms with Gasteiger partial charge in [0.25, 0.3) is 11.5 Å². The fraction of sp³-hybridized carbons (Fsp3) is 0.409. The second kappa shape index (κ2) is 8.10. The molecule has 0 saturated heterocycles. The first-order valence-electron chi connectivity index (χ1n) is 9.94. The van der Waals surface area contributed by atoms with Crippen LogP contribution in [0.25, 0.3) is 10.2 Å². The molecule has 0 unspecified atom stereocenters. The number of benzene rings is 1. The van der Waals surface area contributed by atoms with E-state index >= 15 is 0 Å². The molecule has 1 aliphatic rings. The van der Waals surface area contributed by atoms with E-state index in [0.29, 0.717) is 54.4 Å². The van der Waals surface area contributed by atoms with Gasteiger partial charge in [-0.1, -0.05) is 13.8 Å². The molecular weight excluding hydrogens is 402 g/mol. The summed E-state index contributed by atoms with van der Waals surface area (Å²) in [6.45, 7) is 5.82. The summed E-state index contributed by atoms with van der Waals surface area (Å²) in [5.41, 5.74) is 1.56. The summed E-state index contributed by atoms with van der Waals surface area (Å²) in [5.74, 6) is 1.39. The van der Waals surface area contributed by atoms with Gasteiger partial charge in [0.05, 0.1) is 38.0 Å². The van der Waals surface area contributed by atoms with E-state index in [1.807, 2.05) is 0 Å². The summed E-state index contributed by atoms with van der Waals surface area (Å²) < 4.78 is 12.3. The predicted molar refractivity (Wildman–Crippen MR) is 117 cm³/mol. The van der Waals surface area contributed by atoms with E-state index in [-0.39, 0.29) is 11.5 Å². The molecule has 0 N–H and O–H groups in total. The fourth-order valence-electron chi connectivity index (χ4n) is 3.86. The van der Waals surface area contributed by atoms with Crippen molar-refractivity contribution >= 4 is 27.5 Å². The Morgan fingerprint density at radius 2 is 2.07 bits per heavy atom. The smallest absolute Gasteiger partial charge is 0.262 e. The van der Waals surface area contributed by atoms with Crippen LogP contribution in [0.4, 0.5) is 0 Å². The number of aromatic nitrogens is 2. The van der Waals surface area contributed by atoms with E-state index < -0.39 is 0 Å². The van der Waals surface area contributed by atoms with Crippen molar-refractivity contribution in [3.8, 4) is 11.5 Å². The number of amides is 1. The van der Waals surface area contributed by atoms with Crippen LogP contribution in [0.3, 0.4) is 0 Å². The van der Waals surface area contributed by atoms with Crippen LogP contribution in [0.15, 0.2) is 29.3 Å². The van der Waals surface area contributed by atoms with Crippen molar-refractivity contribution in [2.45, 2.75) is 33.4 Å². The molecule has 158 valence electrons. The molecule has 2 aromatic heterocycles. The Bertz CT molecular complexity index is 1170. The van der Waals surface area contributed by atoms with Crippen LogP contribution in [0, 0.1) is 5.92 Å². The molecule has 0 radical (unpaired) electrons. The normalized spacial score (nSPS) is 13.6. The second-order valence-corrected chi connectivity index (χ2v) is 8.91. The molecular formula is C22H25N3O4S. The zero-order valence-electron chi connectivity index (χ0n) is 17.6. The van der Waals surface area contributed by atoms with Gasteiger partial charge in [0.15, 0.2) is 0 Å². The average molecular weight is 428 g/mol. The molecule has 8 heteroatoms. The Morgan fingerprint density at radius 1 is 1.27 bits per heavy atom. The van der Waals surface area contributed by atoms with Crippen molar-refractivity contribution in [3.05, 3.63) is 50.9 Å². The fourth-order valence-corrected chi connectivity index (χ4v) is 5.05. The van der Waals surface area contributed by atoms with Gasteiger partial charge in [0.2, 0.25) is 0 Å². The highest BCUT2D eigenvalue weighted by Crippen LogP contribution is 2.34. The maximum atomic E-state index is 13.2. The highest BCUT2D eigenvalue weighted by molar-refractivity contribution is 7.18. The molecule has 30 heavy (non-hydrogen) atoms. The molecule has 0 aliphatic carbocycles. The Labute approximate surface area is 178 Å². The molecule has 1 aromatic carbocycles. The number of methoxy groups -OCH3 is 2. The number of hydrogen-bond donors (Lipinski definition) is 0. The molecule has 0 atom stereocenters. The van der Waals surface area contributed by atoms with Crippen molar-refractivity contribution in [1.29, 1.82) is 0 Å². The molecule has 1 aliphatic heterocycles. The molecule has 0 fully saturated rings. The Hall–Kier alpha value is -2.87. The van der Waals surface area contributed by atoms with Crippen LogP contribution in [-0.4, -0.2) is 41.1 Å². The van der Waals surface area contributed by atoms with Crippen molar-refractivity contribution in [3.63, 3.8) is 0 Å². The van der Waals surface area contributed by atoms with E-state index in [2.05, 4.69) is 18.8 Å². The van der Waals surface area contributed by atoms with Gasteiger partial charge in [0, 0.05) is 24.0 Å². The summed E-state index contributed by atoms with van der Waals surface area (Å²) in [6, 6.07) is 5.20. The van der Waals surface area contributed by atoms with E-state index in [1.54, 1.807) is 48.2 Å². The first-order valence-corrected chi connectivity index (χ1v) is 10.8. The number of thiophene rings is 1. The van der Waals surface area contributed by atoms with E-state index in [0.717, 1.165) is 15.3 Å². The zero-order valence-corrected chi connectivity index (χ0v) is 18.4. The van der Waals surface area contributed by atoms with Crippen LogP contribution in [0.5, 0.6) is 11.5 Å². The van der Waals surface area contributed by atoms with Crippen molar-refractivity contribution in [1.82, 2.24) is 14.5 Å². The van der Waals surface area contributed by atoms with Gasteiger partial charge in [-0.25, -0.2) is 4.98 Å². The third-order valence-corrected chi connectivity index (χ3v) is 6.44. The van der Waals surface area contributed by atoms with Gasteiger partial charge < -0.3 is 14.4 Å². The van der Waals surface area contributed by atoms with Crippen LogP contribution in [-0.2, 0) is 19.5 Å². The van der Waals surface area contributed by atoms with Gasteiger partial charge >= 0.3 is 0 Å². The standard InChI is InChI=1S/C22H25N3O4S/c1-13(2)10-25-12-23-20-19(22(25)27)16-7-8-24(11-18(16)30-20)21(26)15-6-5-14(28-3)9-17(15)29-4/h5-6,9,12-13H,7-8,10-11H2,1-4H3. The highest BCUT2D eigenvalue weighted by Gasteiger charge is 2.28. The summed E-state index contributed by atoms with van der Waals surface area (Å²) in [4.78, 5) is 34.3. The molecule has 3 heterocycles.